The third-order valence-corrected chi connectivity index (χ3v) is 4.38. The van der Waals surface area contributed by atoms with E-state index in [0.29, 0.717) is 22.8 Å². The average Bonchev–Trinajstić information content (AvgIpc) is 2.70. The first-order valence-electron chi connectivity index (χ1n) is 9.38. The number of nitrogens with zero attached hydrogens (tertiary/aromatic N) is 3. The molecule has 0 saturated heterocycles. The Bertz CT molecular complexity index is 985. The minimum atomic E-state index is -0.978. The Hall–Kier alpha value is -2.97. The monoisotopic (exact) mass is 402 g/mol. The fourth-order valence-corrected chi connectivity index (χ4v) is 2.87. The second-order valence-corrected chi connectivity index (χ2v) is 6.44. The molecular formula is C21H27FN4O3. The van der Waals surface area contributed by atoms with Crippen LogP contribution < -0.4 is 10.9 Å². The molecule has 3 N–H and O–H groups in total. The highest BCUT2D eigenvalue weighted by Crippen LogP contribution is 2.37. The van der Waals surface area contributed by atoms with Gasteiger partial charge in [-0.1, -0.05) is 26.5 Å². The summed E-state index contributed by atoms with van der Waals surface area (Å²) in [4.78, 5) is 18.2. The standard InChI is InChI=1S/C19H21FN4O3.C2H6/c1-11-4-5-15(14(20)6-11)22-16-7-17(27)23(3)19-18(16)12(2)24(10-21-19)8-13(26)9-25;1-2/h4-7,10,13,22,25-26H,2,8-9H2,1,3H3;1-2H3. The number of aliphatic hydroxyl groups excluding tert-OH is 2. The van der Waals surface area contributed by atoms with Crippen LogP contribution in [-0.2, 0) is 7.05 Å². The number of fused-ring (bicyclic) bond motifs is 1. The predicted octanol–water partition coefficient (Wildman–Crippen LogP) is 2.90. The number of benzene rings is 1. The Morgan fingerprint density at radius 2 is 1.97 bits per heavy atom. The summed E-state index contributed by atoms with van der Waals surface area (Å²) in [5, 5.41) is 21.8. The summed E-state index contributed by atoms with van der Waals surface area (Å²) >= 11 is 0. The summed E-state index contributed by atoms with van der Waals surface area (Å²) in [6.45, 7) is 9.49. The zero-order valence-electron chi connectivity index (χ0n) is 17.1. The molecule has 8 heteroatoms. The van der Waals surface area contributed by atoms with Crippen molar-refractivity contribution in [1.82, 2.24) is 9.47 Å². The zero-order valence-corrected chi connectivity index (χ0v) is 17.1. The van der Waals surface area contributed by atoms with Crippen LogP contribution in [0.3, 0.4) is 0 Å². The smallest absolute Gasteiger partial charge is 0.254 e. The van der Waals surface area contributed by atoms with Crippen LogP contribution in [0.15, 0.2) is 40.6 Å². The third kappa shape index (κ3) is 4.72. The zero-order chi connectivity index (χ0) is 21.7. The molecular weight excluding hydrogens is 375 g/mol. The van der Waals surface area contributed by atoms with Gasteiger partial charge in [0.2, 0.25) is 0 Å². The number of pyridine rings is 1. The van der Waals surface area contributed by atoms with Crippen molar-refractivity contribution >= 4 is 29.2 Å². The molecule has 1 aromatic carbocycles. The fraction of sp³-hybridized carbons (Fsp3) is 0.333. The van der Waals surface area contributed by atoms with Gasteiger partial charge in [-0.25, -0.2) is 9.38 Å². The molecule has 1 aromatic heterocycles. The highest BCUT2D eigenvalue weighted by atomic mass is 19.1. The predicted molar refractivity (Wildman–Crippen MR) is 114 cm³/mol. The Morgan fingerprint density at radius 3 is 2.59 bits per heavy atom. The molecule has 2 heterocycles. The molecule has 1 unspecified atom stereocenters. The number of anilines is 2. The van der Waals surface area contributed by atoms with E-state index in [4.69, 9.17) is 5.11 Å². The average molecular weight is 402 g/mol. The van der Waals surface area contributed by atoms with Crippen molar-refractivity contribution in [2.75, 3.05) is 18.5 Å². The minimum absolute atomic E-state index is 0.0828. The molecule has 0 bridgehead atoms. The van der Waals surface area contributed by atoms with Gasteiger partial charge in [0, 0.05) is 18.8 Å². The number of β-amino-alcohol motifs (C(OH)–C–C–N with tert-alkyl or cyclic N) is 1. The second kappa shape index (κ2) is 9.49. The normalized spacial score (nSPS) is 13.5. The van der Waals surface area contributed by atoms with Crippen molar-refractivity contribution < 1.29 is 14.6 Å². The van der Waals surface area contributed by atoms with Gasteiger partial charge >= 0.3 is 0 Å². The third-order valence-electron chi connectivity index (χ3n) is 4.38. The number of aliphatic imine (C=N–C) groups is 1. The van der Waals surface area contributed by atoms with E-state index in [1.807, 2.05) is 13.8 Å². The van der Waals surface area contributed by atoms with Crippen LogP contribution in [0.1, 0.15) is 25.0 Å². The molecule has 1 aliphatic heterocycles. The number of rotatable bonds is 5. The minimum Gasteiger partial charge on any atom is -0.394 e. The van der Waals surface area contributed by atoms with Crippen molar-refractivity contribution in [2.45, 2.75) is 26.9 Å². The quantitative estimate of drug-likeness (QED) is 0.716. The summed E-state index contributed by atoms with van der Waals surface area (Å²) in [7, 11) is 1.58. The summed E-state index contributed by atoms with van der Waals surface area (Å²) < 4.78 is 15.6. The van der Waals surface area contributed by atoms with E-state index in [1.54, 1.807) is 31.0 Å². The van der Waals surface area contributed by atoms with Crippen LogP contribution in [0.25, 0.3) is 5.70 Å². The van der Waals surface area contributed by atoms with Crippen LogP contribution in [-0.4, -0.2) is 45.3 Å². The molecule has 1 atom stereocenters. The molecule has 2 aromatic rings. The SMILES string of the molecule is C=C1c2c(Nc3ccc(C)cc3F)cc(=O)n(C)c2N=CN1CC(O)CO.CC. The lowest BCUT2D eigenvalue weighted by atomic mass is 10.1. The largest absolute Gasteiger partial charge is 0.394 e. The number of aryl methyl sites for hydroxylation is 1. The van der Waals surface area contributed by atoms with E-state index < -0.39 is 18.5 Å². The lowest BCUT2D eigenvalue weighted by Gasteiger charge is -2.30. The molecule has 0 amide bonds. The Morgan fingerprint density at radius 1 is 1.28 bits per heavy atom. The van der Waals surface area contributed by atoms with Gasteiger partial charge in [0.15, 0.2) is 0 Å². The van der Waals surface area contributed by atoms with Crippen molar-refractivity contribution in [3.63, 3.8) is 0 Å². The van der Waals surface area contributed by atoms with Gasteiger partial charge in [0.05, 0.1) is 42.5 Å². The first-order valence-corrected chi connectivity index (χ1v) is 9.38. The first kappa shape index (κ1) is 22.3. The van der Waals surface area contributed by atoms with Crippen molar-refractivity contribution in [3.8, 4) is 0 Å². The lowest BCUT2D eigenvalue weighted by molar-refractivity contribution is 0.0855. The van der Waals surface area contributed by atoms with Crippen LogP contribution in [0.4, 0.5) is 21.6 Å². The molecule has 0 radical (unpaired) electrons. The van der Waals surface area contributed by atoms with E-state index in [9.17, 15) is 14.3 Å². The van der Waals surface area contributed by atoms with Crippen molar-refractivity contribution in [1.29, 1.82) is 0 Å². The molecule has 0 aliphatic carbocycles. The number of halogens is 1. The Labute approximate surface area is 169 Å². The summed E-state index contributed by atoms with van der Waals surface area (Å²) in [5.41, 5.74) is 2.05. The molecule has 156 valence electrons. The van der Waals surface area contributed by atoms with Crippen LogP contribution in [0.2, 0.25) is 0 Å². The molecule has 29 heavy (non-hydrogen) atoms. The van der Waals surface area contributed by atoms with Gasteiger partial charge in [-0.15, -0.1) is 0 Å². The highest BCUT2D eigenvalue weighted by molar-refractivity contribution is 5.91. The maximum atomic E-state index is 14.3. The van der Waals surface area contributed by atoms with E-state index in [-0.39, 0.29) is 17.8 Å². The molecule has 1 aliphatic rings. The fourth-order valence-electron chi connectivity index (χ4n) is 2.87. The summed E-state index contributed by atoms with van der Waals surface area (Å²) in [5.74, 6) is -0.0702. The number of hydrogen-bond acceptors (Lipinski definition) is 6. The van der Waals surface area contributed by atoms with Crippen molar-refractivity contribution in [2.24, 2.45) is 12.0 Å². The van der Waals surface area contributed by atoms with E-state index >= 15 is 0 Å². The summed E-state index contributed by atoms with van der Waals surface area (Å²) in [6.07, 6.45) is 0.465. The molecule has 3 rings (SSSR count). The summed E-state index contributed by atoms with van der Waals surface area (Å²) in [6, 6.07) is 6.10. The number of aromatic nitrogens is 1. The Kier molecular flexibility index (Phi) is 7.30. The second-order valence-electron chi connectivity index (χ2n) is 6.44. The number of nitrogens with one attached hydrogen (secondary N) is 1. The van der Waals surface area contributed by atoms with E-state index in [2.05, 4.69) is 16.9 Å². The first-order chi connectivity index (χ1) is 13.8. The van der Waals surface area contributed by atoms with E-state index in [1.165, 1.54) is 23.0 Å². The molecule has 7 nitrogen and oxygen atoms in total. The maximum Gasteiger partial charge on any atom is 0.254 e. The lowest BCUT2D eigenvalue weighted by Crippen LogP contribution is -2.34. The van der Waals surface area contributed by atoms with Gasteiger partial charge in [0.25, 0.3) is 5.56 Å². The van der Waals surface area contributed by atoms with Gasteiger partial charge < -0.3 is 20.4 Å². The van der Waals surface area contributed by atoms with Crippen LogP contribution in [0, 0.1) is 12.7 Å². The topological polar surface area (TPSA) is 90.1 Å². The molecule has 0 spiro atoms. The van der Waals surface area contributed by atoms with Gasteiger partial charge in [-0.3, -0.25) is 9.36 Å². The van der Waals surface area contributed by atoms with Crippen molar-refractivity contribution in [3.05, 3.63) is 58.1 Å². The highest BCUT2D eigenvalue weighted by Gasteiger charge is 2.25. The molecule has 0 fully saturated rings. The van der Waals surface area contributed by atoms with E-state index in [0.717, 1.165) is 5.56 Å². The number of hydrogen-bond donors (Lipinski definition) is 3. The van der Waals surface area contributed by atoms with Gasteiger partial charge in [0.1, 0.15) is 11.6 Å². The maximum absolute atomic E-state index is 14.3. The molecule has 0 saturated carbocycles. The number of aliphatic hydroxyl groups is 2. The van der Waals surface area contributed by atoms with Crippen LogP contribution in [0.5, 0.6) is 0 Å². The van der Waals surface area contributed by atoms with Gasteiger partial charge in [-0.2, -0.15) is 0 Å². The Balaban J connectivity index is 0.00000145. The van der Waals surface area contributed by atoms with Crippen LogP contribution >= 0.6 is 0 Å². The van der Waals surface area contributed by atoms with Gasteiger partial charge in [-0.05, 0) is 24.6 Å².